The van der Waals surface area contributed by atoms with E-state index >= 15 is 0 Å². The molecule has 1 N–H and O–H groups in total. The predicted molar refractivity (Wildman–Crippen MR) is 98.9 cm³/mol. The Balaban J connectivity index is 1.68. The number of fused-ring (bicyclic) bond motifs is 1. The van der Waals surface area contributed by atoms with E-state index in [-0.39, 0.29) is 5.91 Å². The number of anilines is 1. The molecule has 0 aliphatic rings. The monoisotopic (exact) mass is 344 g/mol. The predicted octanol–water partition coefficient (Wildman–Crippen LogP) is 4.15. The van der Waals surface area contributed by atoms with E-state index in [1.165, 1.54) is 6.39 Å². The van der Waals surface area contributed by atoms with E-state index in [0.717, 1.165) is 27.6 Å². The van der Waals surface area contributed by atoms with Gasteiger partial charge in [0.25, 0.3) is 5.91 Å². The van der Waals surface area contributed by atoms with Gasteiger partial charge in [0, 0.05) is 22.8 Å². The van der Waals surface area contributed by atoms with Gasteiger partial charge in [0.2, 0.25) is 12.3 Å². The molecule has 4 rings (SSSR count). The smallest absolute Gasteiger partial charge is 0.257 e. The third-order valence-corrected chi connectivity index (χ3v) is 4.35. The zero-order chi connectivity index (χ0) is 18.1. The maximum atomic E-state index is 12.7. The summed E-state index contributed by atoms with van der Waals surface area (Å²) in [5, 5.41) is 11.6. The van der Waals surface area contributed by atoms with E-state index in [2.05, 4.69) is 20.5 Å². The van der Waals surface area contributed by atoms with Crippen molar-refractivity contribution >= 4 is 22.5 Å². The number of aromatic nitrogens is 3. The highest BCUT2D eigenvalue weighted by molar-refractivity contribution is 6.06. The first-order valence-electron chi connectivity index (χ1n) is 8.16. The van der Waals surface area contributed by atoms with Crippen molar-refractivity contribution < 1.29 is 9.21 Å². The third kappa shape index (κ3) is 2.82. The molecule has 0 radical (unpaired) electrons. The van der Waals surface area contributed by atoms with Gasteiger partial charge < -0.3 is 9.73 Å². The molecular weight excluding hydrogens is 328 g/mol. The molecule has 0 bridgehead atoms. The van der Waals surface area contributed by atoms with Crippen molar-refractivity contribution in [3.05, 3.63) is 71.7 Å². The molecule has 2 aromatic carbocycles. The topological polar surface area (TPSA) is 80.9 Å². The molecule has 26 heavy (non-hydrogen) atoms. The van der Waals surface area contributed by atoms with Gasteiger partial charge >= 0.3 is 0 Å². The van der Waals surface area contributed by atoms with Crippen molar-refractivity contribution in [3.8, 4) is 11.5 Å². The van der Waals surface area contributed by atoms with Crippen molar-refractivity contribution in [1.82, 2.24) is 15.2 Å². The number of rotatable bonds is 3. The number of pyridine rings is 1. The summed E-state index contributed by atoms with van der Waals surface area (Å²) in [5.74, 6) is 0.218. The number of amides is 1. The van der Waals surface area contributed by atoms with Gasteiger partial charge in [0.05, 0.1) is 11.1 Å². The first-order valence-corrected chi connectivity index (χ1v) is 8.16. The summed E-state index contributed by atoms with van der Waals surface area (Å²) in [6.45, 7) is 3.88. The molecule has 0 spiro atoms. The molecule has 0 fully saturated rings. The standard InChI is InChI=1S/C20H16N4O2/c1-12-7-8-16(13(2)18(12)20-24-22-11-26-20)23-19(25)15-9-14-5-3-4-6-17(14)21-10-15/h3-11H,1-2H3,(H,23,25). The second-order valence-corrected chi connectivity index (χ2v) is 6.04. The summed E-state index contributed by atoms with van der Waals surface area (Å²) in [6.07, 6.45) is 2.88. The molecular formula is C20H16N4O2. The van der Waals surface area contributed by atoms with E-state index < -0.39 is 0 Å². The van der Waals surface area contributed by atoms with Crippen LogP contribution in [-0.2, 0) is 0 Å². The van der Waals surface area contributed by atoms with Crippen LogP contribution in [0, 0.1) is 13.8 Å². The Bertz CT molecular complexity index is 1100. The molecule has 0 aliphatic carbocycles. The average Bonchev–Trinajstić information content (AvgIpc) is 3.18. The fraction of sp³-hybridized carbons (Fsp3) is 0.100. The molecule has 128 valence electrons. The van der Waals surface area contributed by atoms with E-state index in [1.807, 2.05) is 56.3 Å². The minimum atomic E-state index is -0.216. The lowest BCUT2D eigenvalue weighted by Gasteiger charge is -2.13. The summed E-state index contributed by atoms with van der Waals surface area (Å²) in [5.41, 5.74) is 4.75. The van der Waals surface area contributed by atoms with Crippen LogP contribution < -0.4 is 5.32 Å². The van der Waals surface area contributed by atoms with Crippen LogP contribution in [0.15, 0.2) is 59.5 Å². The fourth-order valence-corrected chi connectivity index (χ4v) is 2.98. The van der Waals surface area contributed by atoms with Crippen molar-refractivity contribution in [3.63, 3.8) is 0 Å². The SMILES string of the molecule is Cc1ccc(NC(=O)c2cnc3ccccc3c2)c(C)c1-c1nnco1. The lowest BCUT2D eigenvalue weighted by Crippen LogP contribution is -2.13. The van der Waals surface area contributed by atoms with Crippen LogP contribution in [0.2, 0.25) is 0 Å². The van der Waals surface area contributed by atoms with Crippen LogP contribution in [-0.4, -0.2) is 21.1 Å². The highest BCUT2D eigenvalue weighted by Crippen LogP contribution is 2.30. The van der Waals surface area contributed by atoms with Crippen molar-refractivity contribution in [2.24, 2.45) is 0 Å². The highest BCUT2D eigenvalue weighted by Gasteiger charge is 2.16. The van der Waals surface area contributed by atoms with Crippen LogP contribution in [0.1, 0.15) is 21.5 Å². The van der Waals surface area contributed by atoms with E-state index in [0.29, 0.717) is 17.1 Å². The summed E-state index contributed by atoms with van der Waals surface area (Å²) >= 11 is 0. The number of nitrogens with zero attached hydrogens (tertiary/aromatic N) is 3. The Hall–Kier alpha value is -3.54. The van der Waals surface area contributed by atoms with Gasteiger partial charge in [0.15, 0.2) is 0 Å². The van der Waals surface area contributed by atoms with Gasteiger partial charge in [-0.15, -0.1) is 10.2 Å². The van der Waals surface area contributed by atoms with Gasteiger partial charge in [-0.1, -0.05) is 24.3 Å². The maximum absolute atomic E-state index is 12.7. The number of carbonyl (C=O) groups excluding carboxylic acids is 1. The number of hydrogen-bond donors (Lipinski definition) is 1. The maximum Gasteiger partial charge on any atom is 0.257 e. The number of aryl methyl sites for hydroxylation is 1. The Morgan fingerprint density at radius 1 is 1.12 bits per heavy atom. The van der Waals surface area contributed by atoms with Gasteiger partial charge in [-0.3, -0.25) is 9.78 Å². The minimum absolute atomic E-state index is 0.216. The van der Waals surface area contributed by atoms with E-state index in [1.54, 1.807) is 6.20 Å². The zero-order valence-electron chi connectivity index (χ0n) is 14.4. The van der Waals surface area contributed by atoms with Crippen LogP contribution in [0.25, 0.3) is 22.4 Å². The first kappa shape index (κ1) is 16.0. The summed E-state index contributed by atoms with van der Waals surface area (Å²) in [4.78, 5) is 17.0. The molecule has 0 aliphatic heterocycles. The molecule has 6 nitrogen and oxygen atoms in total. The zero-order valence-corrected chi connectivity index (χ0v) is 14.4. The van der Waals surface area contributed by atoms with E-state index in [9.17, 15) is 4.79 Å². The summed E-state index contributed by atoms with van der Waals surface area (Å²) in [6, 6.07) is 13.3. The fourth-order valence-electron chi connectivity index (χ4n) is 2.98. The molecule has 2 aromatic heterocycles. The second-order valence-electron chi connectivity index (χ2n) is 6.04. The van der Waals surface area contributed by atoms with Crippen LogP contribution in [0.4, 0.5) is 5.69 Å². The van der Waals surface area contributed by atoms with E-state index in [4.69, 9.17) is 4.42 Å². The van der Waals surface area contributed by atoms with Gasteiger partial charge in [0.1, 0.15) is 0 Å². The second kappa shape index (κ2) is 6.40. The molecule has 4 aromatic rings. The lowest BCUT2D eigenvalue weighted by atomic mass is 10.0. The molecule has 6 heteroatoms. The number of carbonyl (C=O) groups is 1. The molecule has 0 atom stereocenters. The number of para-hydroxylation sites is 1. The molecule has 1 amide bonds. The minimum Gasteiger partial charge on any atom is -0.423 e. The van der Waals surface area contributed by atoms with Crippen molar-refractivity contribution in [2.75, 3.05) is 5.32 Å². The van der Waals surface area contributed by atoms with Crippen LogP contribution in [0.5, 0.6) is 0 Å². The number of nitrogens with one attached hydrogen (secondary N) is 1. The molecule has 0 unspecified atom stereocenters. The largest absolute Gasteiger partial charge is 0.423 e. The van der Waals surface area contributed by atoms with Gasteiger partial charge in [-0.2, -0.15) is 0 Å². The Kier molecular flexibility index (Phi) is 3.93. The molecule has 0 saturated heterocycles. The van der Waals surface area contributed by atoms with Crippen LogP contribution in [0.3, 0.4) is 0 Å². The quantitative estimate of drug-likeness (QED) is 0.604. The lowest BCUT2D eigenvalue weighted by molar-refractivity contribution is 0.102. The Morgan fingerprint density at radius 2 is 1.96 bits per heavy atom. The van der Waals surface area contributed by atoms with Crippen molar-refractivity contribution in [1.29, 1.82) is 0 Å². The normalized spacial score (nSPS) is 10.8. The first-order chi connectivity index (χ1) is 12.6. The Labute approximate surface area is 149 Å². The van der Waals surface area contributed by atoms with Gasteiger partial charge in [-0.05, 0) is 43.2 Å². The number of benzene rings is 2. The Morgan fingerprint density at radius 3 is 2.77 bits per heavy atom. The average molecular weight is 344 g/mol. The summed E-state index contributed by atoms with van der Waals surface area (Å²) in [7, 11) is 0. The van der Waals surface area contributed by atoms with Crippen LogP contribution >= 0.6 is 0 Å². The van der Waals surface area contributed by atoms with Gasteiger partial charge in [-0.25, -0.2) is 0 Å². The third-order valence-electron chi connectivity index (χ3n) is 4.35. The molecule has 2 heterocycles. The molecule has 0 saturated carbocycles. The highest BCUT2D eigenvalue weighted by atomic mass is 16.4. The number of hydrogen-bond acceptors (Lipinski definition) is 5. The van der Waals surface area contributed by atoms with Crippen molar-refractivity contribution in [2.45, 2.75) is 13.8 Å². The summed E-state index contributed by atoms with van der Waals surface area (Å²) < 4.78 is 5.33.